The lowest BCUT2D eigenvalue weighted by Crippen LogP contribution is -2.49. The highest BCUT2D eigenvalue weighted by molar-refractivity contribution is 5.84. The van der Waals surface area contributed by atoms with Crippen molar-refractivity contribution in [1.29, 1.82) is 0 Å². The van der Waals surface area contributed by atoms with Crippen LogP contribution in [0, 0.1) is 5.92 Å². The fourth-order valence-corrected chi connectivity index (χ4v) is 3.87. The molecule has 1 aliphatic rings. The predicted octanol–water partition coefficient (Wildman–Crippen LogP) is 2.73. The molecule has 1 fully saturated rings. The van der Waals surface area contributed by atoms with Crippen molar-refractivity contribution in [1.82, 2.24) is 20.4 Å². The normalized spacial score (nSPS) is 16.8. The lowest BCUT2D eigenvalue weighted by molar-refractivity contribution is -0.127. The van der Waals surface area contributed by atoms with Crippen LogP contribution in [-0.2, 0) is 16.1 Å². The average molecular weight is 446 g/mol. The number of likely N-dealkylation sites (N-methyl/N-ethyl adjacent to an activating group) is 1. The second-order valence-corrected chi connectivity index (χ2v) is 9.09. The van der Waals surface area contributed by atoms with E-state index in [0.29, 0.717) is 12.0 Å². The maximum absolute atomic E-state index is 12.0. The van der Waals surface area contributed by atoms with E-state index in [0.717, 1.165) is 58.0 Å². The molecular formula is C25H43N5O2. The summed E-state index contributed by atoms with van der Waals surface area (Å²) in [6.07, 6.45) is 3.24. The minimum absolute atomic E-state index is 0.00171. The molecule has 2 N–H and O–H groups in total. The van der Waals surface area contributed by atoms with Gasteiger partial charge in [0, 0.05) is 52.9 Å². The Hall–Kier alpha value is -2.12. The van der Waals surface area contributed by atoms with E-state index < -0.39 is 0 Å². The topological polar surface area (TPSA) is 69.2 Å². The molecule has 0 aliphatic carbocycles. The average Bonchev–Trinajstić information content (AvgIpc) is 2.78. The largest absolute Gasteiger partial charge is 0.378 e. The Morgan fingerprint density at radius 2 is 1.91 bits per heavy atom. The highest BCUT2D eigenvalue weighted by Crippen LogP contribution is 2.14. The van der Waals surface area contributed by atoms with Crippen LogP contribution in [0.4, 0.5) is 0 Å². The van der Waals surface area contributed by atoms with Crippen LogP contribution in [0.2, 0.25) is 0 Å². The summed E-state index contributed by atoms with van der Waals surface area (Å²) >= 11 is 0. The number of aliphatic imine (C=N–C) groups is 1. The molecule has 0 saturated carbocycles. The molecule has 1 aromatic rings. The molecule has 1 amide bonds. The molecule has 1 aromatic carbocycles. The van der Waals surface area contributed by atoms with E-state index in [1.807, 2.05) is 6.92 Å². The van der Waals surface area contributed by atoms with Crippen molar-refractivity contribution < 1.29 is 9.53 Å². The van der Waals surface area contributed by atoms with E-state index in [1.165, 1.54) is 5.56 Å². The number of guanidine groups is 1. The number of benzene rings is 1. The van der Waals surface area contributed by atoms with Gasteiger partial charge in [-0.3, -0.25) is 9.69 Å². The molecule has 0 spiro atoms. The smallest absolute Gasteiger partial charge is 0.243 e. The number of carbonyl (C=O) groups is 1. The van der Waals surface area contributed by atoms with E-state index in [4.69, 9.17) is 4.74 Å². The van der Waals surface area contributed by atoms with Crippen LogP contribution in [0.1, 0.15) is 45.6 Å². The minimum Gasteiger partial charge on any atom is -0.378 e. The van der Waals surface area contributed by atoms with Crippen molar-refractivity contribution in [2.24, 2.45) is 10.9 Å². The van der Waals surface area contributed by atoms with Crippen LogP contribution >= 0.6 is 0 Å². The van der Waals surface area contributed by atoms with Gasteiger partial charge in [0.1, 0.15) is 6.54 Å². The first-order valence-corrected chi connectivity index (χ1v) is 12.0. The number of ether oxygens (including phenoxy) is 1. The van der Waals surface area contributed by atoms with Crippen molar-refractivity contribution in [2.45, 2.75) is 58.7 Å². The molecule has 2 rings (SSSR count). The van der Waals surface area contributed by atoms with Crippen molar-refractivity contribution in [3.8, 4) is 0 Å². The van der Waals surface area contributed by atoms with Crippen LogP contribution in [0.15, 0.2) is 35.3 Å². The number of carbonyl (C=O) groups excluding carboxylic acids is 1. The van der Waals surface area contributed by atoms with E-state index in [9.17, 15) is 4.79 Å². The first-order chi connectivity index (χ1) is 15.4. The second kappa shape index (κ2) is 14.1. The number of piperidine rings is 1. The van der Waals surface area contributed by atoms with Gasteiger partial charge in [-0.15, -0.1) is 0 Å². The first-order valence-electron chi connectivity index (χ1n) is 12.0. The lowest BCUT2D eigenvalue weighted by Gasteiger charge is -2.33. The number of nitrogens with one attached hydrogen (secondary N) is 2. The maximum atomic E-state index is 12.0. The summed E-state index contributed by atoms with van der Waals surface area (Å²) in [5.41, 5.74) is 1.36. The molecule has 7 heteroatoms. The van der Waals surface area contributed by atoms with Crippen LogP contribution in [0.5, 0.6) is 0 Å². The summed E-state index contributed by atoms with van der Waals surface area (Å²) < 4.78 is 5.86. The highest BCUT2D eigenvalue weighted by Gasteiger charge is 2.21. The van der Waals surface area contributed by atoms with E-state index in [1.54, 1.807) is 19.0 Å². The molecule has 1 aliphatic heterocycles. The SMILES string of the molecule is CCOC(CCNC(=NCC(=O)N(C)C)NC1CCN(Cc2ccccc2)CC1)C(C)C. The second-order valence-electron chi connectivity index (χ2n) is 9.09. The molecule has 32 heavy (non-hydrogen) atoms. The third-order valence-electron chi connectivity index (χ3n) is 5.89. The van der Waals surface area contributed by atoms with Crippen LogP contribution < -0.4 is 10.6 Å². The monoisotopic (exact) mass is 445 g/mol. The van der Waals surface area contributed by atoms with Gasteiger partial charge >= 0.3 is 0 Å². The van der Waals surface area contributed by atoms with Gasteiger partial charge in [-0.25, -0.2) is 4.99 Å². The molecule has 7 nitrogen and oxygen atoms in total. The fraction of sp³-hybridized carbons (Fsp3) is 0.680. The predicted molar refractivity (Wildman–Crippen MR) is 132 cm³/mol. The Kier molecular flexibility index (Phi) is 11.5. The molecule has 1 unspecified atom stereocenters. The zero-order valence-corrected chi connectivity index (χ0v) is 20.6. The van der Waals surface area contributed by atoms with Crippen LogP contribution in [0.3, 0.4) is 0 Å². The van der Waals surface area contributed by atoms with Gasteiger partial charge < -0.3 is 20.3 Å². The van der Waals surface area contributed by atoms with Gasteiger partial charge in [0.2, 0.25) is 5.91 Å². The molecular weight excluding hydrogens is 402 g/mol. The molecule has 1 heterocycles. The van der Waals surface area contributed by atoms with Gasteiger partial charge in [-0.1, -0.05) is 44.2 Å². The molecule has 180 valence electrons. The Morgan fingerprint density at radius 1 is 1.22 bits per heavy atom. The first kappa shape index (κ1) is 26.1. The lowest BCUT2D eigenvalue weighted by atomic mass is 10.0. The van der Waals surface area contributed by atoms with Gasteiger partial charge in [-0.2, -0.15) is 0 Å². The van der Waals surface area contributed by atoms with E-state index in [-0.39, 0.29) is 18.6 Å². The van der Waals surface area contributed by atoms with Gasteiger partial charge in [-0.05, 0) is 37.7 Å². The summed E-state index contributed by atoms with van der Waals surface area (Å²) in [6.45, 7) is 11.1. The minimum atomic E-state index is -0.00171. The van der Waals surface area contributed by atoms with Gasteiger partial charge in [0.05, 0.1) is 6.10 Å². The molecule has 0 aromatic heterocycles. The summed E-state index contributed by atoms with van der Waals surface area (Å²) in [5, 5.41) is 7.00. The molecule has 0 radical (unpaired) electrons. The number of nitrogens with zero attached hydrogens (tertiary/aromatic N) is 3. The van der Waals surface area contributed by atoms with Crippen LogP contribution in [0.25, 0.3) is 0 Å². The molecule has 1 saturated heterocycles. The van der Waals surface area contributed by atoms with E-state index >= 15 is 0 Å². The Labute approximate surface area is 194 Å². The standard InChI is InChI=1S/C25H43N5O2/c1-6-32-23(20(2)3)12-15-26-25(27-18-24(31)29(4)5)28-22-13-16-30(17-14-22)19-21-10-8-7-9-11-21/h7-11,20,22-23H,6,12-19H2,1-5H3,(H2,26,27,28). The summed E-state index contributed by atoms with van der Waals surface area (Å²) in [4.78, 5) is 20.7. The number of hydrogen-bond acceptors (Lipinski definition) is 4. The van der Waals surface area contributed by atoms with Crippen molar-refractivity contribution >= 4 is 11.9 Å². The summed E-state index contributed by atoms with van der Waals surface area (Å²) in [6, 6.07) is 11.0. The third kappa shape index (κ3) is 9.57. The summed E-state index contributed by atoms with van der Waals surface area (Å²) in [5.74, 6) is 1.19. The fourth-order valence-electron chi connectivity index (χ4n) is 3.87. The highest BCUT2D eigenvalue weighted by atomic mass is 16.5. The van der Waals surface area contributed by atoms with Gasteiger partial charge in [0.25, 0.3) is 0 Å². The number of rotatable bonds is 11. The van der Waals surface area contributed by atoms with Crippen molar-refractivity contribution in [2.75, 3.05) is 46.9 Å². The zero-order chi connectivity index (χ0) is 23.3. The Balaban J connectivity index is 1.87. The molecule has 0 bridgehead atoms. The maximum Gasteiger partial charge on any atom is 0.243 e. The van der Waals surface area contributed by atoms with Gasteiger partial charge in [0.15, 0.2) is 5.96 Å². The quantitative estimate of drug-likeness (QED) is 0.405. The number of hydrogen-bond donors (Lipinski definition) is 2. The van der Waals surface area contributed by atoms with E-state index in [2.05, 4.69) is 64.7 Å². The van der Waals surface area contributed by atoms with Crippen molar-refractivity contribution in [3.63, 3.8) is 0 Å². The Morgan fingerprint density at radius 3 is 2.50 bits per heavy atom. The Bertz CT molecular complexity index is 685. The number of amides is 1. The number of likely N-dealkylation sites (tertiary alicyclic amines) is 1. The summed E-state index contributed by atoms with van der Waals surface area (Å²) in [7, 11) is 3.52. The molecule has 1 atom stereocenters. The third-order valence-corrected chi connectivity index (χ3v) is 5.89. The van der Waals surface area contributed by atoms with Crippen LogP contribution in [-0.4, -0.2) is 80.7 Å². The van der Waals surface area contributed by atoms with Crippen molar-refractivity contribution in [3.05, 3.63) is 35.9 Å². The zero-order valence-electron chi connectivity index (χ0n) is 20.6.